The highest BCUT2D eigenvalue weighted by Gasteiger charge is 2.28. The fourth-order valence-electron chi connectivity index (χ4n) is 4.39. The zero-order valence-electron chi connectivity index (χ0n) is 19.4. The van der Waals surface area contributed by atoms with Gasteiger partial charge in [-0.05, 0) is 41.7 Å². The zero-order chi connectivity index (χ0) is 23.0. The molecule has 0 atom stereocenters. The Morgan fingerprint density at radius 2 is 1.53 bits per heavy atom. The van der Waals surface area contributed by atoms with Gasteiger partial charge in [0.05, 0.1) is 26.9 Å². The van der Waals surface area contributed by atoms with E-state index in [4.69, 9.17) is 18.6 Å². The summed E-state index contributed by atoms with van der Waals surface area (Å²) >= 11 is 0. The van der Waals surface area contributed by atoms with Crippen LogP contribution in [0.2, 0.25) is 0 Å². The van der Waals surface area contributed by atoms with Crippen molar-refractivity contribution in [3.8, 4) is 28.4 Å². The van der Waals surface area contributed by atoms with Crippen LogP contribution in [0.5, 0.6) is 17.2 Å². The SMILES string of the molecule is COc1c(OC)c(OC)c2c(=O)c(-c3ccc4ccccc4c3)c(C)oc2c1CC(C)C. The first-order valence-corrected chi connectivity index (χ1v) is 10.7. The molecule has 0 fully saturated rings. The Bertz CT molecular complexity index is 1360. The van der Waals surface area contributed by atoms with E-state index in [9.17, 15) is 4.79 Å². The molecule has 0 amide bonds. The van der Waals surface area contributed by atoms with Gasteiger partial charge in [-0.3, -0.25) is 4.79 Å². The minimum atomic E-state index is -0.151. The molecule has 4 rings (SSSR count). The van der Waals surface area contributed by atoms with Crippen molar-refractivity contribution in [2.24, 2.45) is 5.92 Å². The van der Waals surface area contributed by atoms with Gasteiger partial charge in [-0.15, -0.1) is 0 Å². The fraction of sp³-hybridized carbons (Fsp3) is 0.296. The molecule has 0 aliphatic rings. The van der Waals surface area contributed by atoms with Gasteiger partial charge in [-0.25, -0.2) is 0 Å². The molecule has 0 saturated heterocycles. The van der Waals surface area contributed by atoms with Gasteiger partial charge in [0.25, 0.3) is 0 Å². The van der Waals surface area contributed by atoms with Crippen molar-refractivity contribution in [3.63, 3.8) is 0 Å². The Kier molecular flexibility index (Phi) is 5.83. The molecule has 0 bridgehead atoms. The Morgan fingerprint density at radius 1 is 0.875 bits per heavy atom. The molecule has 4 aromatic rings. The minimum Gasteiger partial charge on any atom is -0.492 e. The summed E-state index contributed by atoms with van der Waals surface area (Å²) in [7, 11) is 4.65. The van der Waals surface area contributed by atoms with Gasteiger partial charge >= 0.3 is 0 Å². The Labute approximate surface area is 187 Å². The molecule has 5 nitrogen and oxygen atoms in total. The van der Waals surface area contributed by atoms with E-state index >= 15 is 0 Å². The minimum absolute atomic E-state index is 0.151. The van der Waals surface area contributed by atoms with Crippen LogP contribution in [0, 0.1) is 12.8 Å². The number of aryl methyl sites for hydroxylation is 1. The quantitative estimate of drug-likeness (QED) is 0.366. The lowest BCUT2D eigenvalue weighted by atomic mass is 9.95. The molecular weight excluding hydrogens is 404 g/mol. The van der Waals surface area contributed by atoms with Crippen molar-refractivity contribution in [2.75, 3.05) is 21.3 Å². The third-order valence-electron chi connectivity index (χ3n) is 5.74. The summed E-state index contributed by atoms with van der Waals surface area (Å²) < 4.78 is 23.4. The molecule has 32 heavy (non-hydrogen) atoms. The summed E-state index contributed by atoms with van der Waals surface area (Å²) in [6, 6.07) is 14.1. The van der Waals surface area contributed by atoms with E-state index in [2.05, 4.69) is 13.8 Å². The average molecular weight is 433 g/mol. The Hall–Kier alpha value is -3.47. The van der Waals surface area contributed by atoms with Crippen LogP contribution in [-0.2, 0) is 6.42 Å². The Morgan fingerprint density at radius 3 is 2.16 bits per heavy atom. The molecule has 0 radical (unpaired) electrons. The summed E-state index contributed by atoms with van der Waals surface area (Å²) in [5.41, 5.74) is 2.46. The van der Waals surface area contributed by atoms with Crippen molar-refractivity contribution in [1.29, 1.82) is 0 Å². The lowest BCUT2D eigenvalue weighted by molar-refractivity contribution is 0.323. The average Bonchev–Trinajstić information content (AvgIpc) is 2.78. The molecule has 1 aromatic heterocycles. The number of fused-ring (bicyclic) bond motifs is 2. The van der Waals surface area contributed by atoms with Crippen LogP contribution in [0.15, 0.2) is 51.7 Å². The number of hydrogen-bond donors (Lipinski definition) is 0. The molecule has 1 heterocycles. The summed E-state index contributed by atoms with van der Waals surface area (Å²) in [4.78, 5) is 13.9. The predicted molar refractivity (Wildman–Crippen MR) is 128 cm³/mol. The van der Waals surface area contributed by atoms with Gasteiger partial charge in [-0.2, -0.15) is 0 Å². The van der Waals surface area contributed by atoms with Crippen LogP contribution in [-0.4, -0.2) is 21.3 Å². The summed E-state index contributed by atoms with van der Waals surface area (Å²) in [6.45, 7) is 6.04. The smallest absolute Gasteiger partial charge is 0.204 e. The van der Waals surface area contributed by atoms with E-state index < -0.39 is 0 Å². The molecule has 0 saturated carbocycles. The maximum atomic E-state index is 13.9. The van der Waals surface area contributed by atoms with Crippen LogP contribution in [0.25, 0.3) is 32.9 Å². The van der Waals surface area contributed by atoms with Crippen molar-refractivity contribution < 1.29 is 18.6 Å². The van der Waals surface area contributed by atoms with E-state index in [0.717, 1.165) is 21.9 Å². The predicted octanol–water partition coefficient (Wildman–Crippen LogP) is 6.15. The number of benzene rings is 3. The summed E-state index contributed by atoms with van der Waals surface area (Å²) in [5, 5.41) is 2.54. The normalized spacial score (nSPS) is 11.3. The maximum Gasteiger partial charge on any atom is 0.204 e. The molecule has 0 spiro atoms. The zero-order valence-corrected chi connectivity index (χ0v) is 19.4. The van der Waals surface area contributed by atoms with Crippen molar-refractivity contribution in [1.82, 2.24) is 0 Å². The molecule has 0 unspecified atom stereocenters. The summed E-state index contributed by atoms with van der Waals surface area (Å²) in [5.74, 6) is 2.13. The maximum absolute atomic E-state index is 13.9. The van der Waals surface area contributed by atoms with Gasteiger partial charge < -0.3 is 18.6 Å². The molecule has 0 aliphatic carbocycles. The summed E-state index contributed by atoms with van der Waals surface area (Å²) in [6.07, 6.45) is 0.664. The highest BCUT2D eigenvalue weighted by Crippen LogP contribution is 2.47. The standard InChI is InChI=1S/C27H28O5/c1-15(2)13-20-24-22(26(30-5)27(31-6)25(20)29-4)23(28)21(16(3)32-24)19-12-11-17-9-7-8-10-18(17)14-19/h7-12,14-15H,13H2,1-6H3. The number of methoxy groups -OCH3 is 3. The highest BCUT2D eigenvalue weighted by atomic mass is 16.5. The Balaban J connectivity index is 2.13. The van der Waals surface area contributed by atoms with Crippen LogP contribution >= 0.6 is 0 Å². The van der Waals surface area contributed by atoms with Crippen LogP contribution in [0.3, 0.4) is 0 Å². The van der Waals surface area contributed by atoms with Crippen molar-refractivity contribution in [3.05, 3.63) is 64.0 Å². The second-order valence-electron chi connectivity index (χ2n) is 8.30. The van der Waals surface area contributed by atoms with Crippen molar-refractivity contribution >= 4 is 21.7 Å². The first-order chi connectivity index (χ1) is 15.4. The van der Waals surface area contributed by atoms with Crippen molar-refractivity contribution in [2.45, 2.75) is 27.2 Å². The largest absolute Gasteiger partial charge is 0.492 e. The monoisotopic (exact) mass is 432 g/mol. The van der Waals surface area contributed by atoms with Crippen LogP contribution in [0.1, 0.15) is 25.2 Å². The van der Waals surface area contributed by atoms with E-state index in [1.54, 1.807) is 14.2 Å². The molecule has 0 N–H and O–H groups in total. The number of rotatable bonds is 6. The topological polar surface area (TPSA) is 57.9 Å². The van der Waals surface area contributed by atoms with Crippen LogP contribution < -0.4 is 19.6 Å². The van der Waals surface area contributed by atoms with Gasteiger partial charge in [0.1, 0.15) is 16.7 Å². The van der Waals surface area contributed by atoms with Gasteiger partial charge in [-0.1, -0.05) is 50.2 Å². The number of ether oxygens (including phenoxy) is 3. The molecule has 166 valence electrons. The van der Waals surface area contributed by atoms with Gasteiger partial charge in [0.15, 0.2) is 11.5 Å². The second kappa shape index (κ2) is 8.58. The van der Waals surface area contributed by atoms with Crippen LogP contribution in [0.4, 0.5) is 0 Å². The molecule has 0 aliphatic heterocycles. The van der Waals surface area contributed by atoms with E-state index in [1.165, 1.54) is 7.11 Å². The molecule has 5 heteroatoms. The second-order valence-corrected chi connectivity index (χ2v) is 8.30. The van der Waals surface area contributed by atoms with E-state index in [-0.39, 0.29) is 5.43 Å². The third kappa shape index (κ3) is 3.48. The van der Waals surface area contributed by atoms with Gasteiger partial charge in [0, 0.05) is 5.56 Å². The lowest BCUT2D eigenvalue weighted by Gasteiger charge is -2.20. The first-order valence-electron chi connectivity index (χ1n) is 10.7. The van der Waals surface area contributed by atoms with E-state index in [0.29, 0.717) is 51.9 Å². The van der Waals surface area contributed by atoms with E-state index in [1.807, 2.05) is 49.4 Å². The van der Waals surface area contributed by atoms with Gasteiger partial charge in [0.2, 0.25) is 11.2 Å². The number of hydrogen-bond acceptors (Lipinski definition) is 5. The molecular formula is C27H28O5. The fourth-order valence-corrected chi connectivity index (χ4v) is 4.39. The third-order valence-corrected chi connectivity index (χ3v) is 5.74. The lowest BCUT2D eigenvalue weighted by Crippen LogP contribution is -2.12. The highest BCUT2D eigenvalue weighted by molar-refractivity contribution is 5.96. The first kappa shape index (κ1) is 21.8. The molecule has 3 aromatic carbocycles.